The highest BCUT2D eigenvalue weighted by atomic mass is 16.6. The van der Waals surface area contributed by atoms with Gasteiger partial charge in [0.15, 0.2) is 0 Å². The van der Waals surface area contributed by atoms with Gasteiger partial charge in [-0.2, -0.15) is 0 Å². The summed E-state index contributed by atoms with van der Waals surface area (Å²) in [7, 11) is 0. The van der Waals surface area contributed by atoms with Crippen LogP contribution in [-0.4, -0.2) is 30.4 Å². The molecule has 1 heterocycles. The minimum Gasteiger partial charge on any atom is -0.491 e. The van der Waals surface area contributed by atoms with E-state index in [4.69, 9.17) is 14.6 Å². The molecule has 0 bridgehead atoms. The molecule has 18 heavy (non-hydrogen) atoms. The molecule has 1 unspecified atom stereocenters. The topological polar surface area (TPSA) is 59.1 Å². The third kappa shape index (κ3) is 2.28. The Bertz CT molecular complexity index is 602. The lowest BCUT2D eigenvalue weighted by Crippen LogP contribution is -2.03. The van der Waals surface area contributed by atoms with Crippen LogP contribution in [0.4, 0.5) is 0 Å². The van der Waals surface area contributed by atoms with Gasteiger partial charge in [-0.05, 0) is 35.0 Å². The standard InChI is InChI=1S/C14H12O4/c15-14(16)11-2-1-10-6-12(4-3-9(10)5-11)17-7-13-8-18-13/h1-6,13H,7-8H2,(H,15,16). The molecule has 1 N–H and O–H groups in total. The third-order valence-corrected chi connectivity index (χ3v) is 2.90. The molecule has 1 aliphatic rings. The van der Waals surface area contributed by atoms with Gasteiger partial charge in [0.1, 0.15) is 18.5 Å². The molecule has 0 saturated carbocycles. The fraction of sp³-hybridized carbons (Fsp3) is 0.214. The lowest BCUT2D eigenvalue weighted by atomic mass is 10.1. The van der Waals surface area contributed by atoms with E-state index in [0.717, 1.165) is 23.1 Å². The van der Waals surface area contributed by atoms with Gasteiger partial charge in [-0.15, -0.1) is 0 Å². The van der Waals surface area contributed by atoms with Crippen molar-refractivity contribution in [3.05, 3.63) is 42.0 Å². The van der Waals surface area contributed by atoms with Crippen LogP contribution >= 0.6 is 0 Å². The van der Waals surface area contributed by atoms with Crippen molar-refractivity contribution in [1.29, 1.82) is 0 Å². The first-order valence-electron chi connectivity index (χ1n) is 5.74. The number of carboxylic acids is 1. The van der Waals surface area contributed by atoms with Gasteiger partial charge < -0.3 is 14.6 Å². The molecule has 2 aromatic rings. The smallest absolute Gasteiger partial charge is 0.335 e. The molecule has 4 heteroatoms. The van der Waals surface area contributed by atoms with Crippen molar-refractivity contribution < 1.29 is 19.4 Å². The van der Waals surface area contributed by atoms with Crippen molar-refractivity contribution in [2.24, 2.45) is 0 Å². The van der Waals surface area contributed by atoms with Gasteiger partial charge in [0.05, 0.1) is 12.2 Å². The number of ether oxygens (including phenoxy) is 2. The number of fused-ring (bicyclic) bond motifs is 1. The highest BCUT2D eigenvalue weighted by Crippen LogP contribution is 2.23. The van der Waals surface area contributed by atoms with Crippen molar-refractivity contribution in [2.45, 2.75) is 6.10 Å². The molecule has 0 amide bonds. The minimum atomic E-state index is -0.914. The molecule has 0 spiro atoms. The highest BCUT2D eigenvalue weighted by molar-refractivity contribution is 5.94. The summed E-state index contributed by atoms with van der Waals surface area (Å²) in [6.07, 6.45) is 0.232. The zero-order valence-electron chi connectivity index (χ0n) is 9.63. The summed E-state index contributed by atoms with van der Waals surface area (Å²) in [5.74, 6) is -0.135. The van der Waals surface area contributed by atoms with Gasteiger partial charge in [-0.1, -0.05) is 12.1 Å². The Morgan fingerprint density at radius 2 is 2.00 bits per heavy atom. The van der Waals surface area contributed by atoms with Crippen LogP contribution in [0, 0.1) is 0 Å². The molecule has 92 valence electrons. The fourth-order valence-electron chi connectivity index (χ4n) is 1.80. The van der Waals surface area contributed by atoms with Gasteiger partial charge in [-0.3, -0.25) is 0 Å². The van der Waals surface area contributed by atoms with Crippen LogP contribution in [0.5, 0.6) is 5.75 Å². The first-order chi connectivity index (χ1) is 8.72. The van der Waals surface area contributed by atoms with E-state index in [9.17, 15) is 4.79 Å². The van der Waals surface area contributed by atoms with E-state index in [1.54, 1.807) is 18.2 Å². The Morgan fingerprint density at radius 1 is 1.28 bits per heavy atom. The predicted molar refractivity (Wildman–Crippen MR) is 66.1 cm³/mol. The number of rotatable bonds is 4. The second-order valence-electron chi connectivity index (χ2n) is 4.30. The van der Waals surface area contributed by atoms with Crippen LogP contribution in [0.25, 0.3) is 10.8 Å². The van der Waals surface area contributed by atoms with E-state index >= 15 is 0 Å². The number of epoxide rings is 1. The van der Waals surface area contributed by atoms with Crippen molar-refractivity contribution in [1.82, 2.24) is 0 Å². The Hall–Kier alpha value is -2.07. The molecule has 2 aromatic carbocycles. The first kappa shape index (κ1) is 11.0. The Morgan fingerprint density at radius 3 is 2.72 bits per heavy atom. The van der Waals surface area contributed by atoms with Gasteiger partial charge in [0.25, 0.3) is 0 Å². The van der Waals surface area contributed by atoms with Crippen LogP contribution in [0.1, 0.15) is 10.4 Å². The van der Waals surface area contributed by atoms with Gasteiger partial charge in [-0.25, -0.2) is 4.79 Å². The van der Waals surface area contributed by atoms with E-state index < -0.39 is 5.97 Å². The van der Waals surface area contributed by atoms with Gasteiger partial charge >= 0.3 is 5.97 Å². The van der Waals surface area contributed by atoms with E-state index in [1.807, 2.05) is 18.2 Å². The summed E-state index contributed by atoms with van der Waals surface area (Å²) >= 11 is 0. The second-order valence-corrected chi connectivity index (χ2v) is 4.30. The molecule has 1 fully saturated rings. The molecule has 0 aliphatic carbocycles. The maximum Gasteiger partial charge on any atom is 0.335 e. The largest absolute Gasteiger partial charge is 0.491 e. The zero-order chi connectivity index (χ0) is 12.5. The van der Waals surface area contributed by atoms with Crippen LogP contribution < -0.4 is 4.74 Å². The fourth-order valence-corrected chi connectivity index (χ4v) is 1.80. The molecule has 0 radical (unpaired) electrons. The van der Waals surface area contributed by atoms with E-state index in [0.29, 0.717) is 12.2 Å². The summed E-state index contributed by atoms with van der Waals surface area (Å²) in [5, 5.41) is 10.8. The van der Waals surface area contributed by atoms with Crippen molar-refractivity contribution in [2.75, 3.05) is 13.2 Å². The Balaban J connectivity index is 1.87. The second kappa shape index (κ2) is 4.31. The van der Waals surface area contributed by atoms with E-state index in [1.165, 1.54) is 0 Å². The Kier molecular flexibility index (Phi) is 2.64. The van der Waals surface area contributed by atoms with Crippen LogP contribution in [-0.2, 0) is 4.74 Å². The maximum atomic E-state index is 10.9. The molecule has 3 rings (SSSR count). The van der Waals surface area contributed by atoms with Crippen molar-refractivity contribution in [3.63, 3.8) is 0 Å². The number of carbonyl (C=O) groups is 1. The molecule has 1 atom stereocenters. The number of hydrogen-bond acceptors (Lipinski definition) is 3. The SMILES string of the molecule is O=C(O)c1ccc2cc(OCC3CO3)ccc2c1. The van der Waals surface area contributed by atoms with E-state index in [-0.39, 0.29) is 6.10 Å². The van der Waals surface area contributed by atoms with E-state index in [2.05, 4.69) is 0 Å². The molecular formula is C14H12O4. The summed E-state index contributed by atoms with van der Waals surface area (Å²) in [6, 6.07) is 10.7. The molecule has 1 saturated heterocycles. The molecule has 1 aliphatic heterocycles. The minimum absolute atomic E-state index is 0.232. The summed E-state index contributed by atoms with van der Waals surface area (Å²) in [4.78, 5) is 10.9. The number of hydrogen-bond donors (Lipinski definition) is 1. The van der Waals surface area contributed by atoms with Crippen molar-refractivity contribution in [3.8, 4) is 5.75 Å². The average molecular weight is 244 g/mol. The normalized spacial score (nSPS) is 17.7. The molecular weight excluding hydrogens is 232 g/mol. The van der Waals surface area contributed by atoms with Gasteiger partial charge in [0.2, 0.25) is 0 Å². The monoisotopic (exact) mass is 244 g/mol. The van der Waals surface area contributed by atoms with Crippen LogP contribution in [0.2, 0.25) is 0 Å². The van der Waals surface area contributed by atoms with Crippen LogP contribution in [0.3, 0.4) is 0 Å². The average Bonchev–Trinajstić information content (AvgIpc) is 3.19. The Labute approximate surface area is 104 Å². The third-order valence-electron chi connectivity index (χ3n) is 2.90. The van der Waals surface area contributed by atoms with Crippen LogP contribution in [0.15, 0.2) is 36.4 Å². The molecule has 0 aromatic heterocycles. The number of benzene rings is 2. The first-order valence-corrected chi connectivity index (χ1v) is 5.74. The summed E-state index contributed by atoms with van der Waals surface area (Å²) in [5.41, 5.74) is 0.294. The lowest BCUT2D eigenvalue weighted by Gasteiger charge is -2.06. The quantitative estimate of drug-likeness (QED) is 0.838. The number of carboxylic acid groups (broad SMARTS) is 1. The summed E-state index contributed by atoms with van der Waals surface area (Å²) in [6.45, 7) is 1.34. The summed E-state index contributed by atoms with van der Waals surface area (Å²) < 4.78 is 10.6. The lowest BCUT2D eigenvalue weighted by molar-refractivity contribution is 0.0697. The highest BCUT2D eigenvalue weighted by Gasteiger charge is 2.23. The zero-order valence-corrected chi connectivity index (χ0v) is 9.63. The van der Waals surface area contributed by atoms with Gasteiger partial charge in [0, 0.05) is 0 Å². The predicted octanol–water partition coefficient (Wildman–Crippen LogP) is 2.32. The maximum absolute atomic E-state index is 10.9. The molecule has 4 nitrogen and oxygen atoms in total. The number of aromatic carboxylic acids is 1. The van der Waals surface area contributed by atoms with Crippen molar-refractivity contribution >= 4 is 16.7 Å².